The van der Waals surface area contributed by atoms with Crippen LogP contribution in [0.1, 0.15) is 207 Å². The molecule has 47 heavy (non-hydrogen) atoms. The second-order valence-electron chi connectivity index (χ2n) is 13.4. The Hall–Kier alpha value is -0.950. The van der Waals surface area contributed by atoms with Crippen molar-refractivity contribution in [3.05, 3.63) is 0 Å². The van der Waals surface area contributed by atoms with Crippen LogP contribution in [-0.2, 0) is 32.7 Å². The van der Waals surface area contributed by atoms with Gasteiger partial charge in [0.15, 0.2) is 0 Å². The molecule has 0 aromatic heterocycles. The van der Waals surface area contributed by atoms with Crippen LogP contribution in [0.5, 0.6) is 0 Å². The SMILES string of the molecule is CCCCCCCCCCCCCCCC(=O)OCC(COC(=O)CCCCCCCCCCCCCCC)OP(=O)([O-])OCCC. The molecule has 0 heterocycles. The summed E-state index contributed by atoms with van der Waals surface area (Å²) in [4.78, 5) is 36.8. The first-order valence-electron chi connectivity index (χ1n) is 19.8. The van der Waals surface area contributed by atoms with Gasteiger partial charge in [0, 0.05) is 12.8 Å². The molecule has 0 aliphatic heterocycles. The van der Waals surface area contributed by atoms with Crippen molar-refractivity contribution < 1.29 is 37.6 Å². The van der Waals surface area contributed by atoms with Gasteiger partial charge in [0.25, 0.3) is 7.82 Å². The second kappa shape index (κ2) is 34.9. The number of phosphoric acid groups is 1. The molecule has 0 radical (unpaired) electrons. The number of carbonyl (C=O) groups is 2. The fourth-order valence-corrected chi connectivity index (χ4v) is 6.57. The Kier molecular flexibility index (Phi) is 34.2. The number of hydrogen-bond acceptors (Lipinski definition) is 8. The van der Waals surface area contributed by atoms with Gasteiger partial charge in [-0.25, -0.2) is 0 Å². The van der Waals surface area contributed by atoms with E-state index in [2.05, 4.69) is 13.8 Å². The predicted octanol–water partition coefficient (Wildman–Crippen LogP) is 11.3. The lowest BCUT2D eigenvalue weighted by molar-refractivity contribution is -0.233. The lowest BCUT2D eigenvalue weighted by atomic mass is 10.0. The Labute approximate surface area is 289 Å². The van der Waals surface area contributed by atoms with Crippen LogP contribution in [0.25, 0.3) is 0 Å². The molecule has 0 aromatic rings. The molecule has 8 nitrogen and oxygen atoms in total. The highest BCUT2D eigenvalue weighted by Gasteiger charge is 2.22. The van der Waals surface area contributed by atoms with Crippen LogP contribution in [0.3, 0.4) is 0 Å². The van der Waals surface area contributed by atoms with E-state index >= 15 is 0 Å². The fraction of sp³-hybridized carbons (Fsp3) is 0.947. The van der Waals surface area contributed by atoms with Gasteiger partial charge in [-0.05, 0) is 19.3 Å². The zero-order valence-electron chi connectivity index (χ0n) is 30.9. The topological polar surface area (TPSA) is 111 Å². The summed E-state index contributed by atoms with van der Waals surface area (Å²) in [6, 6.07) is 0. The van der Waals surface area contributed by atoms with Crippen LogP contribution in [0.4, 0.5) is 0 Å². The normalized spacial score (nSPS) is 12.8. The van der Waals surface area contributed by atoms with Crippen LogP contribution in [-0.4, -0.2) is 37.9 Å². The van der Waals surface area contributed by atoms with E-state index in [1.165, 1.54) is 128 Å². The summed E-state index contributed by atoms with van der Waals surface area (Å²) in [6.45, 7) is 5.64. The molecule has 0 aliphatic rings. The van der Waals surface area contributed by atoms with Gasteiger partial charge in [-0.2, -0.15) is 0 Å². The van der Waals surface area contributed by atoms with E-state index < -0.39 is 25.9 Å². The fourth-order valence-electron chi connectivity index (χ4n) is 5.62. The maximum atomic E-state index is 12.3. The van der Waals surface area contributed by atoms with Crippen LogP contribution in [0, 0.1) is 0 Å². The average molecular weight is 690 g/mol. The first-order chi connectivity index (χ1) is 22.8. The van der Waals surface area contributed by atoms with Crippen molar-refractivity contribution in [3.8, 4) is 0 Å². The minimum absolute atomic E-state index is 0.00876. The van der Waals surface area contributed by atoms with Gasteiger partial charge in [-0.15, -0.1) is 0 Å². The number of rotatable bonds is 37. The van der Waals surface area contributed by atoms with Gasteiger partial charge in [0.05, 0.1) is 6.61 Å². The highest BCUT2D eigenvalue weighted by Crippen LogP contribution is 2.40. The van der Waals surface area contributed by atoms with E-state index in [9.17, 15) is 19.0 Å². The van der Waals surface area contributed by atoms with Crippen LogP contribution >= 0.6 is 7.82 Å². The maximum absolute atomic E-state index is 12.3. The largest absolute Gasteiger partial charge is 0.756 e. The van der Waals surface area contributed by atoms with Crippen molar-refractivity contribution in [2.24, 2.45) is 0 Å². The number of ether oxygens (including phenoxy) is 2. The highest BCUT2D eigenvalue weighted by atomic mass is 31.2. The van der Waals surface area contributed by atoms with Crippen molar-refractivity contribution in [2.75, 3.05) is 19.8 Å². The van der Waals surface area contributed by atoms with Crippen molar-refractivity contribution in [3.63, 3.8) is 0 Å². The summed E-state index contributed by atoms with van der Waals surface area (Å²) in [6.07, 6.45) is 31.7. The summed E-state index contributed by atoms with van der Waals surface area (Å²) in [5, 5.41) is 0. The molecular formula is C38H74O8P-. The zero-order chi connectivity index (χ0) is 34.7. The summed E-state index contributed by atoms with van der Waals surface area (Å²) >= 11 is 0. The van der Waals surface area contributed by atoms with Gasteiger partial charge in [0.2, 0.25) is 0 Å². The number of hydrogen-bond donors (Lipinski definition) is 0. The maximum Gasteiger partial charge on any atom is 0.305 e. The van der Waals surface area contributed by atoms with E-state index in [1.54, 1.807) is 6.92 Å². The highest BCUT2D eigenvalue weighted by molar-refractivity contribution is 7.45. The van der Waals surface area contributed by atoms with Crippen LogP contribution < -0.4 is 4.89 Å². The third-order valence-corrected chi connectivity index (χ3v) is 9.62. The predicted molar refractivity (Wildman–Crippen MR) is 191 cm³/mol. The lowest BCUT2D eigenvalue weighted by Crippen LogP contribution is -2.30. The van der Waals surface area contributed by atoms with Gasteiger partial charge < -0.3 is 23.4 Å². The van der Waals surface area contributed by atoms with E-state index in [4.69, 9.17) is 18.5 Å². The Morgan fingerprint density at radius 2 is 0.787 bits per heavy atom. The van der Waals surface area contributed by atoms with Gasteiger partial charge >= 0.3 is 11.9 Å². The molecule has 0 saturated heterocycles. The quantitative estimate of drug-likeness (QED) is 0.0360. The molecule has 0 N–H and O–H groups in total. The molecular weight excluding hydrogens is 615 g/mol. The monoisotopic (exact) mass is 690 g/mol. The van der Waals surface area contributed by atoms with Gasteiger partial charge in [-0.1, -0.05) is 175 Å². The zero-order valence-corrected chi connectivity index (χ0v) is 31.8. The van der Waals surface area contributed by atoms with Crippen molar-refractivity contribution >= 4 is 19.8 Å². The van der Waals surface area contributed by atoms with Crippen LogP contribution in [0.2, 0.25) is 0 Å². The molecule has 9 heteroatoms. The molecule has 1 unspecified atom stereocenters. The van der Waals surface area contributed by atoms with E-state index in [0.29, 0.717) is 6.42 Å². The van der Waals surface area contributed by atoms with Crippen molar-refractivity contribution in [2.45, 2.75) is 213 Å². The molecule has 0 amide bonds. The molecule has 0 aromatic carbocycles. The summed E-state index contributed by atoms with van der Waals surface area (Å²) in [5.41, 5.74) is 0. The molecule has 0 spiro atoms. The minimum Gasteiger partial charge on any atom is -0.756 e. The Balaban J connectivity index is 4.11. The van der Waals surface area contributed by atoms with Gasteiger partial charge in [-0.3, -0.25) is 14.2 Å². The third kappa shape index (κ3) is 34.7. The molecule has 0 bridgehead atoms. The number of carbonyl (C=O) groups excluding carboxylic acids is 2. The number of phosphoric ester groups is 1. The molecule has 0 rings (SSSR count). The number of unbranched alkanes of at least 4 members (excludes halogenated alkanes) is 24. The van der Waals surface area contributed by atoms with E-state index in [0.717, 1.165) is 38.5 Å². The first-order valence-corrected chi connectivity index (χ1v) is 21.3. The Morgan fingerprint density at radius 3 is 1.09 bits per heavy atom. The van der Waals surface area contributed by atoms with E-state index in [-0.39, 0.29) is 32.7 Å². The lowest BCUT2D eigenvalue weighted by Gasteiger charge is -2.27. The summed E-state index contributed by atoms with van der Waals surface area (Å²) < 4.78 is 32.8. The van der Waals surface area contributed by atoms with Gasteiger partial charge in [0.1, 0.15) is 19.3 Å². The molecule has 1 atom stereocenters. The summed E-state index contributed by atoms with van der Waals surface area (Å²) in [5.74, 6) is -0.814. The second-order valence-corrected chi connectivity index (χ2v) is 14.7. The Morgan fingerprint density at radius 1 is 0.489 bits per heavy atom. The number of esters is 2. The summed E-state index contributed by atoms with van der Waals surface area (Å²) in [7, 11) is -4.62. The molecule has 0 aliphatic carbocycles. The molecule has 280 valence electrons. The first kappa shape index (κ1) is 46.0. The minimum atomic E-state index is -4.62. The molecule has 0 saturated carbocycles. The van der Waals surface area contributed by atoms with E-state index in [1.807, 2.05) is 0 Å². The Bertz CT molecular complexity index is 701. The standard InChI is InChI=1S/C38H75O8P/c1-4-7-9-11-13-15-17-19-21-23-25-27-29-31-37(39)43-34-36(46-47(41,42)45-33-6-3)35-44-38(40)32-30-28-26-24-22-20-18-16-14-12-10-8-5-2/h36H,4-35H2,1-3H3,(H,41,42)/p-1. The third-order valence-electron chi connectivity index (χ3n) is 8.56. The van der Waals surface area contributed by atoms with Crippen LogP contribution in [0.15, 0.2) is 0 Å². The average Bonchev–Trinajstić information content (AvgIpc) is 3.05. The molecule has 0 fully saturated rings. The smallest absolute Gasteiger partial charge is 0.305 e. The van der Waals surface area contributed by atoms with Crippen molar-refractivity contribution in [1.82, 2.24) is 0 Å². The van der Waals surface area contributed by atoms with Crippen molar-refractivity contribution in [1.29, 1.82) is 0 Å².